The average Bonchev–Trinajstić information content (AvgIpc) is 2.98. The van der Waals surface area contributed by atoms with E-state index in [1.807, 2.05) is 51.1 Å². The van der Waals surface area contributed by atoms with Gasteiger partial charge in [-0.05, 0) is 57.0 Å². The molecule has 0 unspecified atom stereocenters. The second-order valence-corrected chi connectivity index (χ2v) is 11.7. The van der Waals surface area contributed by atoms with Crippen molar-refractivity contribution in [2.75, 3.05) is 25.1 Å². The van der Waals surface area contributed by atoms with E-state index < -0.39 is 28.5 Å². The van der Waals surface area contributed by atoms with Crippen molar-refractivity contribution in [3.8, 4) is 11.5 Å². The van der Waals surface area contributed by atoms with Crippen LogP contribution in [0, 0.1) is 6.92 Å². The van der Waals surface area contributed by atoms with Crippen LogP contribution in [0.4, 0.5) is 5.69 Å². The first-order chi connectivity index (χ1) is 19.5. The molecule has 0 aromatic heterocycles. The zero-order chi connectivity index (χ0) is 30.2. The third kappa shape index (κ3) is 7.79. The van der Waals surface area contributed by atoms with Gasteiger partial charge >= 0.3 is 0 Å². The number of carbonyl (C=O) groups is 2. The third-order valence-corrected chi connectivity index (χ3v) is 8.68. The van der Waals surface area contributed by atoms with Crippen molar-refractivity contribution in [2.45, 2.75) is 57.6 Å². The van der Waals surface area contributed by atoms with Crippen LogP contribution in [0.5, 0.6) is 11.5 Å². The molecule has 0 heterocycles. The maximum Gasteiger partial charge on any atom is 0.264 e. The molecular weight excluding hydrogens is 542 g/mol. The number of amides is 2. The van der Waals surface area contributed by atoms with Crippen molar-refractivity contribution in [1.82, 2.24) is 10.2 Å². The summed E-state index contributed by atoms with van der Waals surface area (Å²) in [5.41, 5.74) is 2.06. The lowest BCUT2D eigenvalue weighted by molar-refractivity contribution is -0.139. The summed E-state index contributed by atoms with van der Waals surface area (Å²) in [7, 11) is -1.36. The quantitative estimate of drug-likeness (QED) is 0.318. The van der Waals surface area contributed by atoms with Crippen molar-refractivity contribution in [3.63, 3.8) is 0 Å². The molecule has 2 amide bonds. The molecule has 9 nitrogen and oxygen atoms in total. The topological polar surface area (TPSA) is 105 Å². The third-order valence-electron chi connectivity index (χ3n) is 6.91. The van der Waals surface area contributed by atoms with Crippen LogP contribution in [0.25, 0.3) is 0 Å². The molecule has 41 heavy (non-hydrogen) atoms. The molecule has 1 N–H and O–H groups in total. The van der Waals surface area contributed by atoms with Crippen molar-refractivity contribution >= 4 is 27.5 Å². The first kappa shape index (κ1) is 31.5. The summed E-state index contributed by atoms with van der Waals surface area (Å²) >= 11 is 0. The average molecular weight is 582 g/mol. The van der Waals surface area contributed by atoms with Gasteiger partial charge in [0.25, 0.3) is 10.0 Å². The van der Waals surface area contributed by atoms with Gasteiger partial charge in [0.2, 0.25) is 11.8 Å². The second-order valence-electron chi connectivity index (χ2n) is 9.87. The highest BCUT2D eigenvalue weighted by molar-refractivity contribution is 7.92. The maximum absolute atomic E-state index is 14.1. The summed E-state index contributed by atoms with van der Waals surface area (Å²) < 4.78 is 39.8. The fraction of sp³-hybridized carbons (Fsp3) is 0.355. The number of methoxy groups -OCH3 is 2. The van der Waals surface area contributed by atoms with Gasteiger partial charge in [0.05, 0.1) is 24.8 Å². The van der Waals surface area contributed by atoms with Crippen LogP contribution in [-0.4, -0.2) is 58.0 Å². The zero-order valence-electron chi connectivity index (χ0n) is 24.5. The van der Waals surface area contributed by atoms with E-state index in [0.29, 0.717) is 11.4 Å². The lowest BCUT2D eigenvalue weighted by atomic mass is 10.1. The Bertz CT molecular complexity index is 1430. The normalized spacial score (nSPS) is 12.6. The number of nitrogens with one attached hydrogen (secondary N) is 1. The number of carbonyl (C=O) groups excluding carboxylic acids is 2. The zero-order valence-corrected chi connectivity index (χ0v) is 25.3. The van der Waals surface area contributed by atoms with E-state index in [0.717, 1.165) is 21.9 Å². The Morgan fingerprint density at radius 3 is 2.12 bits per heavy atom. The SMILES string of the molecule is CC[C@@H](C)NC(=O)[C@@H](C)N(Cc1ccccc1)C(=O)CN(c1ccc(C)cc1)S(=O)(=O)c1ccc(OC)c(OC)c1. The number of anilines is 1. The fourth-order valence-corrected chi connectivity index (χ4v) is 5.60. The van der Waals surface area contributed by atoms with E-state index in [-0.39, 0.29) is 29.1 Å². The van der Waals surface area contributed by atoms with E-state index >= 15 is 0 Å². The molecule has 0 bridgehead atoms. The van der Waals surface area contributed by atoms with Crippen molar-refractivity contribution < 1.29 is 27.5 Å². The molecule has 0 spiro atoms. The Labute approximate surface area is 243 Å². The number of hydrogen-bond acceptors (Lipinski definition) is 6. The van der Waals surface area contributed by atoms with Gasteiger partial charge in [-0.1, -0.05) is 55.0 Å². The number of sulfonamides is 1. The van der Waals surface area contributed by atoms with Crippen molar-refractivity contribution in [1.29, 1.82) is 0 Å². The molecule has 3 rings (SSSR count). The predicted molar refractivity (Wildman–Crippen MR) is 160 cm³/mol. The molecule has 3 aromatic rings. The van der Waals surface area contributed by atoms with E-state index in [1.54, 1.807) is 31.2 Å². The first-order valence-corrected chi connectivity index (χ1v) is 14.9. The number of ether oxygens (including phenoxy) is 2. The predicted octanol–water partition coefficient (Wildman–Crippen LogP) is 4.54. The van der Waals surface area contributed by atoms with Crippen LogP contribution in [0.2, 0.25) is 0 Å². The molecule has 0 aliphatic carbocycles. The maximum atomic E-state index is 14.1. The molecule has 0 aliphatic rings. The van der Waals surface area contributed by atoms with Crippen LogP contribution in [0.3, 0.4) is 0 Å². The summed E-state index contributed by atoms with van der Waals surface area (Å²) in [6.07, 6.45) is 0.732. The van der Waals surface area contributed by atoms with Crippen molar-refractivity contribution in [3.05, 3.63) is 83.9 Å². The highest BCUT2D eigenvalue weighted by atomic mass is 32.2. The lowest BCUT2D eigenvalue weighted by Gasteiger charge is -2.32. The summed E-state index contributed by atoms with van der Waals surface area (Å²) in [5, 5.41) is 2.93. The largest absolute Gasteiger partial charge is 0.493 e. The molecule has 3 aromatic carbocycles. The number of rotatable bonds is 13. The van der Waals surface area contributed by atoms with Gasteiger partial charge in [-0.2, -0.15) is 0 Å². The van der Waals surface area contributed by atoms with Crippen LogP contribution >= 0.6 is 0 Å². The minimum Gasteiger partial charge on any atom is -0.493 e. The summed E-state index contributed by atoms with van der Waals surface area (Å²) in [4.78, 5) is 28.5. The van der Waals surface area contributed by atoms with E-state index in [2.05, 4.69) is 5.32 Å². The second kappa shape index (κ2) is 14.0. The van der Waals surface area contributed by atoms with Crippen LogP contribution in [0.1, 0.15) is 38.3 Å². The van der Waals surface area contributed by atoms with Crippen LogP contribution < -0.4 is 19.1 Å². The Hall–Kier alpha value is -4.05. The van der Waals surface area contributed by atoms with Gasteiger partial charge in [0, 0.05) is 18.7 Å². The molecule has 10 heteroatoms. The van der Waals surface area contributed by atoms with Crippen molar-refractivity contribution in [2.24, 2.45) is 0 Å². The van der Waals surface area contributed by atoms with Gasteiger partial charge in [-0.25, -0.2) is 8.42 Å². The van der Waals surface area contributed by atoms with Gasteiger partial charge in [-0.15, -0.1) is 0 Å². The number of hydrogen-bond donors (Lipinski definition) is 1. The molecule has 0 fully saturated rings. The molecule has 2 atom stereocenters. The van der Waals surface area contributed by atoms with E-state index in [4.69, 9.17) is 9.47 Å². The molecule has 0 saturated carbocycles. The van der Waals surface area contributed by atoms with E-state index in [1.165, 1.54) is 37.3 Å². The molecule has 0 aliphatic heterocycles. The number of benzene rings is 3. The Kier molecular flexibility index (Phi) is 10.8. The summed E-state index contributed by atoms with van der Waals surface area (Å²) in [6.45, 7) is 7.00. The molecular formula is C31H39N3O6S. The van der Waals surface area contributed by atoms with Gasteiger partial charge in [0.15, 0.2) is 11.5 Å². The van der Waals surface area contributed by atoms with Gasteiger partial charge < -0.3 is 19.7 Å². The Morgan fingerprint density at radius 2 is 1.54 bits per heavy atom. The monoisotopic (exact) mass is 581 g/mol. The summed E-state index contributed by atoms with van der Waals surface area (Å²) in [5.74, 6) is -0.220. The van der Waals surface area contributed by atoms with Crippen LogP contribution in [-0.2, 0) is 26.2 Å². The number of nitrogens with zero attached hydrogens (tertiary/aromatic N) is 2. The fourth-order valence-electron chi connectivity index (χ4n) is 4.17. The molecule has 0 radical (unpaired) electrons. The Morgan fingerprint density at radius 1 is 0.902 bits per heavy atom. The first-order valence-electron chi connectivity index (χ1n) is 13.5. The standard InChI is InChI=1S/C31H39N3O6S/c1-7-23(3)32-31(36)24(4)33(20-25-11-9-8-10-12-25)30(35)21-34(26-15-13-22(2)14-16-26)41(37,38)27-17-18-28(39-5)29(19-27)40-6/h8-19,23-24H,7,20-21H2,1-6H3,(H,32,36)/t23-,24-/m1/s1. The minimum absolute atomic E-state index is 0.0688. The Balaban J connectivity index is 2.05. The van der Waals surface area contributed by atoms with Crippen LogP contribution in [0.15, 0.2) is 77.7 Å². The molecule has 0 saturated heterocycles. The van der Waals surface area contributed by atoms with E-state index in [9.17, 15) is 18.0 Å². The highest BCUT2D eigenvalue weighted by Gasteiger charge is 2.33. The molecule has 220 valence electrons. The number of aryl methyl sites for hydroxylation is 1. The highest BCUT2D eigenvalue weighted by Crippen LogP contribution is 2.32. The summed E-state index contributed by atoms with van der Waals surface area (Å²) in [6, 6.07) is 19.5. The van der Waals surface area contributed by atoms with Gasteiger partial charge in [0.1, 0.15) is 12.6 Å². The lowest BCUT2D eigenvalue weighted by Crippen LogP contribution is -2.52. The van der Waals surface area contributed by atoms with Gasteiger partial charge in [-0.3, -0.25) is 13.9 Å². The minimum atomic E-state index is -4.25. The smallest absolute Gasteiger partial charge is 0.264 e.